The summed E-state index contributed by atoms with van der Waals surface area (Å²) >= 11 is 0. The first-order valence-corrected chi connectivity index (χ1v) is 11.9. The molecule has 0 spiro atoms. The molecule has 0 bridgehead atoms. The predicted molar refractivity (Wildman–Crippen MR) is 127 cm³/mol. The molecule has 4 rings (SSSR count). The molecular formula is C23H34FN7O2. The minimum absolute atomic E-state index is 0.139. The third kappa shape index (κ3) is 6.42. The Morgan fingerprint density at radius 2 is 1.94 bits per heavy atom. The highest BCUT2D eigenvalue weighted by atomic mass is 19.1. The summed E-state index contributed by atoms with van der Waals surface area (Å²) in [6, 6.07) is 5.10. The summed E-state index contributed by atoms with van der Waals surface area (Å²) in [7, 11) is 1.44. The number of methoxy groups -OCH3 is 1. The van der Waals surface area contributed by atoms with Gasteiger partial charge in [0.2, 0.25) is 17.8 Å². The van der Waals surface area contributed by atoms with E-state index in [1.54, 1.807) is 12.1 Å². The van der Waals surface area contributed by atoms with Crippen LogP contribution >= 0.6 is 0 Å². The van der Waals surface area contributed by atoms with Crippen LogP contribution < -0.4 is 20.7 Å². The first-order valence-electron chi connectivity index (χ1n) is 11.9. The van der Waals surface area contributed by atoms with E-state index in [1.165, 1.54) is 19.6 Å². The van der Waals surface area contributed by atoms with Gasteiger partial charge in [0, 0.05) is 30.9 Å². The van der Waals surface area contributed by atoms with Gasteiger partial charge < -0.3 is 25.4 Å². The van der Waals surface area contributed by atoms with Crippen LogP contribution in [0.25, 0.3) is 0 Å². The molecule has 2 aliphatic heterocycles. The molecule has 2 aliphatic rings. The highest BCUT2D eigenvalue weighted by molar-refractivity contribution is 5.57. The largest absolute Gasteiger partial charge is 0.494 e. The average Bonchev–Trinajstić information content (AvgIpc) is 3.12. The van der Waals surface area contributed by atoms with Crippen molar-refractivity contribution < 1.29 is 13.9 Å². The number of hydrogen-bond acceptors (Lipinski definition) is 9. The van der Waals surface area contributed by atoms with Gasteiger partial charge in [0.1, 0.15) is 6.23 Å². The second-order valence-electron chi connectivity index (χ2n) is 8.44. The Balaban J connectivity index is 1.52. The Kier molecular flexibility index (Phi) is 8.11. The summed E-state index contributed by atoms with van der Waals surface area (Å²) in [6.07, 6.45) is 6.44. The van der Waals surface area contributed by atoms with E-state index in [-0.39, 0.29) is 12.0 Å². The van der Waals surface area contributed by atoms with Gasteiger partial charge in [-0.1, -0.05) is 13.3 Å². The van der Waals surface area contributed by atoms with E-state index in [1.807, 2.05) is 0 Å². The fraction of sp³-hybridized carbons (Fsp3) is 0.609. The van der Waals surface area contributed by atoms with Crippen LogP contribution in [0.15, 0.2) is 18.2 Å². The molecule has 2 fully saturated rings. The van der Waals surface area contributed by atoms with Crippen molar-refractivity contribution >= 4 is 23.5 Å². The Morgan fingerprint density at radius 1 is 1.09 bits per heavy atom. The van der Waals surface area contributed by atoms with Gasteiger partial charge in [0.05, 0.1) is 7.11 Å². The first kappa shape index (κ1) is 23.4. The van der Waals surface area contributed by atoms with E-state index in [9.17, 15) is 4.39 Å². The molecule has 3 heterocycles. The second-order valence-corrected chi connectivity index (χ2v) is 8.44. The maximum atomic E-state index is 14.2. The lowest BCUT2D eigenvalue weighted by Crippen LogP contribution is -2.35. The van der Waals surface area contributed by atoms with Gasteiger partial charge in [-0.3, -0.25) is 4.90 Å². The highest BCUT2D eigenvalue weighted by Crippen LogP contribution is 2.24. The third-order valence-corrected chi connectivity index (χ3v) is 6.16. The van der Waals surface area contributed by atoms with Crippen LogP contribution in [0.1, 0.15) is 45.4 Å². The lowest BCUT2D eigenvalue weighted by molar-refractivity contribution is 0.0778. The zero-order chi connectivity index (χ0) is 23.0. The van der Waals surface area contributed by atoms with Crippen molar-refractivity contribution in [2.45, 2.75) is 57.7 Å². The maximum Gasteiger partial charge on any atom is 0.233 e. The smallest absolute Gasteiger partial charge is 0.233 e. The number of aromatic nitrogens is 3. The topological polar surface area (TPSA) is 96.5 Å². The van der Waals surface area contributed by atoms with Crippen molar-refractivity contribution in [3.8, 4) is 5.75 Å². The molecule has 1 aromatic heterocycles. The maximum absolute atomic E-state index is 14.2. The zero-order valence-electron chi connectivity index (χ0n) is 19.4. The van der Waals surface area contributed by atoms with Gasteiger partial charge in [-0.2, -0.15) is 15.0 Å². The van der Waals surface area contributed by atoms with Crippen molar-refractivity contribution in [1.29, 1.82) is 0 Å². The number of rotatable bonds is 9. The summed E-state index contributed by atoms with van der Waals surface area (Å²) in [5, 5.41) is 9.76. The number of anilines is 4. The second kappa shape index (κ2) is 11.4. The minimum atomic E-state index is -0.457. The van der Waals surface area contributed by atoms with Gasteiger partial charge in [-0.25, -0.2) is 4.39 Å². The number of likely N-dealkylation sites (N-methyl/N-ethyl adjacent to an activating group) is 1. The van der Waals surface area contributed by atoms with Crippen LogP contribution in [0.2, 0.25) is 0 Å². The van der Waals surface area contributed by atoms with Crippen molar-refractivity contribution in [2.75, 3.05) is 49.3 Å². The molecule has 2 saturated heterocycles. The minimum Gasteiger partial charge on any atom is -0.494 e. The molecule has 10 heteroatoms. The molecule has 9 nitrogen and oxygen atoms in total. The lowest BCUT2D eigenvalue weighted by atomic mass is 10.2. The van der Waals surface area contributed by atoms with Crippen LogP contribution in [-0.4, -0.2) is 65.5 Å². The fourth-order valence-corrected chi connectivity index (χ4v) is 4.38. The molecule has 1 aromatic carbocycles. The fourth-order valence-electron chi connectivity index (χ4n) is 4.38. The monoisotopic (exact) mass is 459 g/mol. The van der Waals surface area contributed by atoms with Crippen LogP contribution in [0.3, 0.4) is 0 Å². The molecule has 0 aliphatic carbocycles. The standard InChI is InChI=1S/C23H34FN7O2/c1-3-31-12-7-8-17(31)15-25-21-28-22(26-16-10-11-19(32-2)18(24)14-16)30-23(29-21)27-20-9-5-4-6-13-33-20/h10-11,14,17,20H,3-9,12-13,15H2,1-2H3,(H3,25,26,27,28,29,30). The van der Waals surface area contributed by atoms with Gasteiger partial charge in [0.15, 0.2) is 11.6 Å². The summed E-state index contributed by atoms with van der Waals surface area (Å²) in [5.74, 6) is 0.951. The van der Waals surface area contributed by atoms with Crippen molar-refractivity contribution in [3.63, 3.8) is 0 Å². The Labute approximate surface area is 194 Å². The number of likely N-dealkylation sites (tertiary alicyclic amines) is 1. The number of ether oxygens (including phenoxy) is 2. The third-order valence-electron chi connectivity index (χ3n) is 6.16. The number of hydrogen-bond donors (Lipinski definition) is 3. The Bertz CT molecular complexity index is 908. The normalized spacial score (nSPS) is 21.4. The molecule has 33 heavy (non-hydrogen) atoms. The van der Waals surface area contributed by atoms with Crippen molar-refractivity contribution in [2.24, 2.45) is 0 Å². The summed E-state index contributed by atoms with van der Waals surface area (Å²) in [5.41, 5.74) is 0.523. The van der Waals surface area contributed by atoms with E-state index in [0.717, 1.165) is 58.3 Å². The van der Waals surface area contributed by atoms with Crippen LogP contribution in [0.5, 0.6) is 5.75 Å². The summed E-state index contributed by atoms with van der Waals surface area (Å²) < 4.78 is 25.1. The van der Waals surface area contributed by atoms with E-state index in [0.29, 0.717) is 29.6 Å². The highest BCUT2D eigenvalue weighted by Gasteiger charge is 2.23. The molecular weight excluding hydrogens is 425 g/mol. The van der Waals surface area contributed by atoms with Gasteiger partial charge in [0.25, 0.3) is 0 Å². The number of benzene rings is 1. The lowest BCUT2D eigenvalue weighted by Gasteiger charge is -2.23. The predicted octanol–water partition coefficient (Wildman–Crippen LogP) is 3.99. The van der Waals surface area contributed by atoms with Crippen molar-refractivity contribution in [1.82, 2.24) is 19.9 Å². The molecule has 0 radical (unpaired) electrons. The number of nitrogens with one attached hydrogen (secondary N) is 3. The molecule has 0 amide bonds. The van der Waals surface area contributed by atoms with Crippen LogP contribution in [0.4, 0.5) is 27.9 Å². The molecule has 2 unspecified atom stereocenters. The number of nitrogens with zero attached hydrogens (tertiary/aromatic N) is 4. The van der Waals surface area contributed by atoms with Gasteiger partial charge in [-0.15, -0.1) is 0 Å². The Hall–Kier alpha value is -2.72. The van der Waals surface area contributed by atoms with Gasteiger partial charge >= 0.3 is 0 Å². The SMILES string of the molecule is CCN1CCCC1CNc1nc(Nc2ccc(OC)c(F)c2)nc(NC2CCCCCO2)n1. The van der Waals surface area contributed by atoms with Crippen LogP contribution in [-0.2, 0) is 4.74 Å². The Morgan fingerprint density at radius 3 is 2.76 bits per heavy atom. The average molecular weight is 460 g/mol. The van der Waals surface area contributed by atoms with Crippen molar-refractivity contribution in [3.05, 3.63) is 24.0 Å². The first-order chi connectivity index (χ1) is 16.1. The van der Waals surface area contributed by atoms with E-state index < -0.39 is 5.82 Å². The zero-order valence-corrected chi connectivity index (χ0v) is 19.4. The molecule has 180 valence electrons. The molecule has 2 aromatic rings. The summed E-state index contributed by atoms with van der Waals surface area (Å²) in [4.78, 5) is 16.1. The number of halogens is 1. The summed E-state index contributed by atoms with van der Waals surface area (Å²) in [6.45, 7) is 5.82. The van der Waals surface area contributed by atoms with Gasteiger partial charge in [-0.05, 0) is 57.3 Å². The molecule has 0 saturated carbocycles. The van der Waals surface area contributed by atoms with E-state index >= 15 is 0 Å². The molecule has 3 N–H and O–H groups in total. The molecule has 2 atom stereocenters. The van der Waals surface area contributed by atoms with Crippen LogP contribution in [0, 0.1) is 5.82 Å². The van der Waals surface area contributed by atoms with E-state index in [4.69, 9.17) is 9.47 Å². The quantitative estimate of drug-likeness (QED) is 0.514. The van der Waals surface area contributed by atoms with E-state index in [2.05, 4.69) is 42.7 Å².